The Kier molecular flexibility index (Phi) is 5.11. The normalized spacial score (nSPS) is 20.6. The van der Waals surface area contributed by atoms with E-state index in [2.05, 4.69) is 0 Å². The van der Waals surface area contributed by atoms with E-state index in [1.54, 1.807) is 11.9 Å². The Bertz CT molecular complexity index is 779. The van der Waals surface area contributed by atoms with Crippen molar-refractivity contribution in [3.05, 3.63) is 35.6 Å². The van der Waals surface area contributed by atoms with Crippen molar-refractivity contribution in [3.8, 4) is 0 Å². The van der Waals surface area contributed by atoms with Crippen LogP contribution in [0, 0.1) is 11.8 Å². The van der Waals surface area contributed by atoms with Crippen molar-refractivity contribution in [1.29, 1.82) is 0 Å². The van der Waals surface area contributed by atoms with E-state index >= 15 is 0 Å². The lowest BCUT2D eigenvalue weighted by molar-refractivity contribution is -0.145. The number of para-hydroxylation sites is 1. The molecular weight excluding hydrogens is 318 g/mol. The highest BCUT2D eigenvalue weighted by atomic mass is 16.4. The summed E-state index contributed by atoms with van der Waals surface area (Å²) in [7, 11) is 1.80. The quantitative estimate of drug-likeness (QED) is 0.895. The summed E-state index contributed by atoms with van der Waals surface area (Å²) < 4.78 is 5.91. The van der Waals surface area contributed by atoms with Crippen molar-refractivity contribution in [1.82, 2.24) is 4.90 Å². The predicted octanol–water partition coefficient (Wildman–Crippen LogP) is 3.84. The minimum atomic E-state index is -0.783. The third kappa shape index (κ3) is 3.55. The summed E-state index contributed by atoms with van der Waals surface area (Å²) in [6, 6.07) is 7.88. The van der Waals surface area contributed by atoms with E-state index in [1.807, 2.05) is 31.2 Å². The maximum atomic E-state index is 12.8. The first-order valence-corrected chi connectivity index (χ1v) is 8.98. The molecule has 2 unspecified atom stereocenters. The van der Waals surface area contributed by atoms with Gasteiger partial charge in [-0.1, -0.05) is 31.5 Å². The SMILES string of the molecule is CCc1oc2ccccc2c1CN(C)C(=O)C1CCCC(C(=O)O)C1. The lowest BCUT2D eigenvalue weighted by Gasteiger charge is -2.29. The molecule has 5 nitrogen and oxygen atoms in total. The van der Waals surface area contributed by atoms with Crippen molar-refractivity contribution in [3.63, 3.8) is 0 Å². The highest BCUT2D eigenvalue weighted by Gasteiger charge is 2.32. The van der Waals surface area contributed by atoms with Gasteiger partial charge < -0.3 is 14.4 Å². The van der Waals surface area contributed by atoms with E-state index < -0.39 is 11.9 Å². The molecule has 0 aliphatic heterocycles. The molecule has 25 heavy (non-hydrogen) atoms. The first-order valence-electron chi connectivity index (χ1n) is 8.98. The zero-order chi connectivity index (χ0) is 18.0. The summed E-state index contributed by atoms with van der Waals surface area (Å²) in [4.78, 5) is 25.8. The second-order valence-corrected chi connectivity index (χ2v) is 6.95. The number of hydrogen-bond acceptors (Lipinski definition) is 3. The molecule has 134 valence electrons. The number of aryl methyl sites for hydroxylation is 1. The van der Waals surface area contributed by atoms with E-state index in [0.717, 1.165) is 41.6 Å². The number of nitrogens with zero attached hydrogens (tertiary/aromatic N) is 1. The molecule has 0 spiro atoms. The van der Waals surface area contributed by atoms with Gasteiger partial charge in [0.05, 0.1) is 5.92 Å². The number of carbonyl (C=O) groups is 2. The van der Waals surface area contributed by atoms with Crippen LogP contribution >= 0.6 is 0 Å². The number of aliphatic carboxylic acids is 1. The maximum Gasteiger partial charge on any atom is 0.306 e. The lowest BCUT2D eigenvalue weighted by Crippen LogP contribution is -2.36. The standard InChI is InChI=1S/C20H25NO4/c1-3-17-16(15-9-4-5-10-18(15)25-17)12-21(2)19(22)13-7-6-8-14(11-13)20(23)24/h4-5,9-10,13-14H,3,6-8,11-12H2,1-2H3,(H,23,24). The van der Waals surface area contributed by atoms with E-state index in [-0.39, 0.29) is 11.8 Å². The molecule has 5 heteroatoms. The zero-order valence-corrected chi connectivity index (χ0v) is 14.8. The molecular formula is C20H25NO4. The van der Waals surface area contributed by atoms with Crippen LogP contribution in [0.3, 0.4) is 0 Å². The van der Waals surface area contributed by atoms with Gasteiger partial charge in [-0.2, -0.15) is 0 Å². The molecule has 2 aromatic rings. The summed E-state index contributed by atoms with van der Waals surface area (Å²) in [6.45, 7) is 2.54. The molecule has 3 rings (SSSR count). The van der Waals surface area contributed by atoms with E-state index in [4.69, 9.17) is 4.42 Å². The molecule has 1 heterocycles. The molecule has 1 aliphatic carbocycles. The molecule has 0 saturated heterocycles. The molecule has 1 N–H and O–H groups in total. The monoisotopic (exact) mass is 343 g/mol. The van der Waals surface area contributed by atoms with Crippen LogP contribution in [0.15, 0.2) is 28.7 Å². The second-order valence-electron chi connectivity index (χ2n) is 6.95. The number of furan rings is 1. The van der Waals surface area contributed by atoms with Gasteiger partial charge in [-0.05, 0) is 25.3 Å². The van der Waals surface area contributed by atoms with Crippen LogP contribution in [0.25, 0.3) is 11.0 Å². The van der Waals surface area contributed by atoms with Crippen LogP contribution in [0.5, 0.6) is 0 Å². The summed E-state index contributed by atoms with van der Waals surface area (Å²) in [5, 5.41) is 10.3. The minimum absolute atomic E-state index is 0.0401. The average Bonchev–Trinajstić information content (AvgIpc) is 2.99. The van der Waals surface area contributed by atoms with Gasteiger partial charge in [-0.3, -0.25) is 9.59 Å². The van der Waals surface area contributed by atoms with E-state index in [0.29, 0.717) is 19.4 Å². The first kappa shape index (κ1) is 17.5. The first-order chi connectivity index (χ1) is 12.0. The molecule has 1 aromatic heterocycles. The third-order valence-electron chi connectivity index (χ3n) is 5.25. The number of benzene rings is 1. The van der Waals surface area contributed by atoms with Crippen molar-refractivity contribution < 1.29 is 19.1 Å². The number of rotatable bonds is 5. The van der Waals surface area contributed by atoms with Gasteiger partial charge in [-0.15, -0.1) is 0 Å². The molecule has 0 bridgehead atoms. The van der Waals surface area contributed by atoms with Gasteiger partial charge in [0.2, 0.25) is 5.91 Å². The molecule has 1 aliphatic rings. The molecule has 1 fully saturated rings. The van der Waals surface area contributed by atoms with Crippen LogP contribution in [0.1, 0.15) is 43.9 Å². The van der Waals surface area contributed by atoms with Crippen molar-refractivity contribution in [2.45, 2.75) is 45.6 Å². The van der Waals surface area contributed by atoms with Crippen molar-refractivity contribution in [2.24, 2.45) is 11.8 Å². The number of carbonyl (C=O) groups excluding carboxylic acids is 1. The zero-order valence-electron chi connectivity index (χ0n) is 14.8. The number of hydrogen-bond donors (Lipinski definition) is 1. The smallest absolute Gasteiger partial charge is 0.306 e. The second kappa shape index (κ2) is 7.30. The summed E-state index contributed by atoms with van der Waals surface area (Å²) >= 11 is 0. The molecule has 2 atom stereocenters. The Morgan fingerprint density at radius 2 is 1.96 bits per heavy atom. The summed E-state index contributed by atoms with van der Waals surface area (Å²) in [5.74, 6) is -0.416. The average molecular weight is 343 g/mol. The number of fused-ring (bicyclic) bond motifs is 1. The van der Waals surface area contributed by atoms with E-state index in [9.17, 15) is 14.7 Å². The Hall–Kier alpha value is -2.30. The van der Waals surface area contributed by atoms with Gasteiger partial charge in [0, 0.05) is 36.9 Å². The van der Waals surface area contributed by atoms with Gasteiger partial charge in [0.15, 0.2) is 0 Å². The molecule has 1 saturated carbocycles. The van der Waals surface area contributed by atoms with Gasteiger partial charge in [0.1, 0.15) is 11.3 Å². The number of amides is 1. The molecule has 0 radical (unpaired) electrons. The van der Waals surface area contributed by atoms with Crippen LogP contribution in [-0.4, -0.2) is 28.9 Å². The van der Waals surface area contributed by atoms with Gasteiger partial charge >= 0.3 is 5.97 Å². The summed E-state index contributed by atoms with van der Waals surface area (Å²) in [6.07, 6.45) is 3.48. The van der Waals surface area contributed by atoms with Crippen LogP contribution < -0.4 is 0 Å². The van der Waals surface area contributed by atoms with Crippen LogP contribution in [0.4, 0.5) is 0 Å². The fraction of sp³-hybridized carbons (Fsp3) is 0.500. The molecule has 1 aromatic carbocycles. The van der Waals surface area contributed by atoms with Gasteiger partial charge in [0.25, 0.3) is 0 Å². The minimum Gasteiger partial charge on any atom is -0.481 e. The van der Waals surface area contributed by atoms with Crippen LogP contribution in [-0.2, 0) is 22.6 Å². The highest BCUT2D eigenvalue weighted by molar-refractivity contribution is 5.84. The van der Waals surface area contributed by atoms with Gasteiger partial charge in [-0.25, -0.2) is 0 Å². The Morgan fingerprint density at radius 3 is 2.68 bits per heavy atom. The largest absolute Gasteiger partial charge is 0.481 e. The number of carboxylic acids is 1. The van der Waals surface area contributed by atoms with Crippen molar-refractivity contribution >= 4 is 22.8 Å². The summed E-state index contributed by atoms with van der Waals surface area (Å²) in [5.41, 5.74) is 1.90. The third-order valence-corrected chi connectivity index (χ3v) is 5.25. The number of carboxylic acid groups (broad SMARTS) is 1. The van der Waals surface area contributed by atoms with E-state index in [1.165, 1.54) is 0 Å². The predicted molar refractivity (Wildman–Crippen MR) is 95.1 cm³/mol. The highest BCUT2D eigenvalue weighted by Crippen LogP contribution is 2.32. The van der Waals surface area contributed by atoms with Crippen LogP contribution in [0.2, 0.25) is 0 Å². The fourth-order valence-corrected chi connectivity index (χ4v) is 3.87. The Balaban J connectivity index is 1.77. The lowest BCUT2D eigenvalue weighted by atomic mass is 9.81. The Labute approximate surface area is 147 Å². The Morgan fingerprint density at radius 1 is 1.24 bits per heavy atom. The molecule has 1 amide bonds. The fourth-order valence-electron chi connectivity index (χ4n) is 3.87. The maximum absolute atomic E-state index is 12.8. The van der Waals surface area contributed by atoms with Crippen molar-refractivity contribution in [2.75, 3.05) is 7.05 Å². The topological polar surface area (TPSA) is 70.8 Å².